The first-order valence-electron chi connectivity index (χ1n) is 11.2. The lowest BCUT2D eigenvalue weighted by molar-refractivity contribution is -0.0445. The van der Waals surface area contributed by atoms with Crippen LogP contribution in [0, 0.1) is 5.82 Å². The predicted octanol–water partition coefficient (Wildman–Crippen LogP) is 3.70. The Balaban J connectivity index is 1.62. The zero-order valence-corrected chi connectivity index (χ0v) is 18.6. The van der Waals surface area contributed by atoms with E-state index in [0.29, 0.717) is 49.4 Å². The van der Waals surface area contributed by atoms with Crippen LogP contribution in [0.25, 0.3) is 11.0 Å². The molecule has 33 heavy (non-hydrogen) atoms. The van der Waals surface area contributed by atoms with Gasteiger partial charge in [-0.1, -0.05) is 5.16 Å². The van der Waals surface area contributed by atoms with Crippen LogP contribution in [0.3, 0.4) is 0 Å². The zero-order valence-electron chi connectivity index (χ0n) is 18.6. The number of aromatic nitrogens is 1. The molecule has 1 aromatic carbocycles. The van der Waals surface area contributed by atoms with Gasteiger partial charge in [-0.15, -0.1) is 0 Å². The van der Waals surface area contributed by atoms with E-state index in [1.165, 1.54) is 4.90 Å². The van der Waals surface area contributed by atoms with Crippen molar-refractivity contribution in [3.63, 3.8) is 0 Å². The molecule has 9 nitrogen and oxygen atoms in total. The number of amides is 1. The van der Waals surface area contributed by atoms with E-state index < -0.39 is 30.9 Å². The average Bonchev–Trinajstić information content (AvgIpc) is 3.51. The topological polar surface area (TPSA) is 86.5 Å². The van der Waals surface area contributed by atoms with Crippen LogP contribution in [-0.4, -0.2) is 69.1 Å². The summed E-state index contributed by atoms with van der Waals surface area (Å²) in [7, 11) is 0. The molecule has 2 aromatic rings. The van der Waals surface area contributed by atoms with Crippen LogP contribution < -0.4 is 9.80 Å². The van der Waals surface area contributed by atoms with Gasteiger partial charge in [0, 0.05) is 18.7 Å². The quantitative estimate of drug-likeness (QED) is 0.636. The van der Waals surface area contributed by atoms with Crippen LogP contribution in [0.1, 0.15) is 38.5 Å². The third-order valence-electron chi connectivity index (χ3n) is 6.16. The second kappa shape index (κ2) is 9.03. The van der Waals surface area contributed by atoms with E-state index in [0.717, 1.165) is 0 Å². The zero-order chi connectivity index (χ0) is 23.1. The van der Waals surface area contributed by atoms with Gasteiger partial charge in [0.25, 0.3) is 0 Å². The molecule has 4 heterocycles. The fourth-order valence-electron chi connectivity index (χ4n) is 4.85. The molecule has 180 valence electrons. The van der Waals surface area contributed by atoms with E-state index in [1.807, 2.05) is 18.7 Å². The van der Waals surface area contributed by atoms with Crippen LogP contribution >= 0.6 is 0 Å². The van der Waals surface area contributed by atoms with Gasteiger partial charge >= 0.3 is 6.09 Å². The number of hydrogen-bond acceptors (Lipinski definition) is 8. The number of alkyl halides is 1. The number of hydrogen-bond donors (Lipinski definition) is 0. The van der Waals surface area contributed by atoms with Gasteiger partial charge < -0.3 is 28.4 Å². The molecule has 3 saturated heterocycles. The molecule has 1 amide bonds. The van der Waals surface area contributed by atoms with Crippen LogP contribution in [0.5, 0.6) is 0 Å². The van der Waals surface area contributed by atoms with E-state index in [1.54, 1.807) is 6.07 Å². The lowest BCUT2D eigenvalue weighted by Crippen LogP contribution is -2.46. The highest BCUT2D eigenvalue weighted by atomic mass is 19.1. The van der Waals surface area contributed by atoms with Crippen molar-refractivity contribution in [3.8, 4) is 0 Å². The highest BCUT2D eigenvalue weighted by Crippen LogP contribution is 2.42. The standard InChI is InChI=1S/C22H27F2N3O6/c1-12-9-26(10-13(2)32-12)18-15(21-29-6-7-30-21)8-16-19(17(18)24)33-25-20(16)27-14(4-3-5-23)11-31-22(27)28/h8,12-14,21H,3-7,9-11H2,1-2H3/t12-,13-,14?/m1/s1. The molecule has 0 radical (unpaired) electrons. The van der Waals surface area contributed by atoms with Gasteiger partial charge in [-0.05, 0) is 32.8 Å². The highest BCUT2D eigenvalue weighted by Gasteiger charge is 2.39. The van der Waals surface area contributed by atoms with Crippen molar-refractivity contribution in [2.75, 3.05) is 49.4 Å². The average molecular weight is 467 g/mol. The van der Waals surface area contributed by atoms with Crippen molar-refractivity contribution >= 4 is 28.6 Å². The predicted molar refractivity (Wildman–Crippen MR) is 114 cm³/mol. The summed E-state index contributed by atoms with van der Waals surface area (Å²) in [6.07, 6.45) is -0.907. The molecule has 3 fully saturated rings. The van der Waals surface area contributed by atoms with Crippen LogP contribution in [0.15, 0.2) is 10.6 Å². The maximum Gasteiger partial charge on any atom is 0.416 e. The maximum absolute atomic E-state index is 16.0. The number of nitrogens with zero attached hydrogens (tertiary/aromatic N) is 3. The first kappa shape index (κ1) is 22.3. The van der Waals surface area contributed by atoms with E-state index in [9.17, 15) is 9.18 Å². The molecule has 3 atom stereocenters. The van der Waals surface area contributed by atoms with Gasteiger partial charge in [0.1, 0.15) is 6.61 Å². The number of morpholine rings is 1. The molecule has 0 saturated carbocycles. The molecule has 3 aliphatic heterocycles. The van der Waals surface area contributed by atoms with Gasteiger partial charge in [0.2, 0.25) is 5.58 Å². The third kappa shape index (κ3) is 4.02. The Morgan fingerprint density at radius 2 is 1.91 bits per heavy atom. The molecular weight excluding hydrogens is 440 g/mol. The minimum absolute atomic E-state index is 0.0718. The second-order valence-electron chi connectivity index (χ2n) is 8.68. The number of ether oxygens (including phenoxy) is 4. The number of carbonyl (C=O) groups is 1. The maximum atomic E-state index is 16.0. The Hall–Kier alpha value is -2.50. The first-order valence-corrected chi connectivity index (χ1v) is 11.2. The van der Waals surface area contributed by atoms with Gasteiger partial charge in [-0.2, -0.15) is 0 Å². The third-order valence-corrected chi connectivity index (χ3v) is 6.16. The van der Waals surface area contributed by atoms with Gasteiger partial charge in [0.15, 0.2) is 17.9 Å². The number of rotatable bonds is 6. The fraction of sp³-hybridized carbons (Fsp3) is 0.636. The molecular formula is C22H27F2N3O6. The van der Waals surface area contributed by atoms with Crippen molar-refractivity contribution in [1.82, 2.24) is 5.16 Å². The number of halogens is 2. The molecule has 0 aliphatic carbocycles. The summed E-state index contributed by atoms with van der Waals surface area (Å²) in [6.45, 7) is 5.22. The van der Waals surface area contributed by atoms with Gasteiger partial charge in [0.05, 0.1) is 49.2 Å². The minimum atomic E-state index is -0.761. The lowest BCUT2D eigenvalue weighted by Gasteiger charge is -2.38. The van der Waals surface area contributed by atoms with Crippen molar-refractivity contribution in [1.29, 1.82) is 0 Å². The Kier molecular flexibility index (Phi) is 6.11. The molecule has 5 rings (SSSR count). The molecule has 1 aromatic heterocycles. The molecule has 0 bridgehead atoms. The first-order chi connectivity index (χ1) is 16.0. The second-order valence-corrected chi connectivity index (χ2v) is 8.68. The number of cyclic esters (lactones) is 1. The van der Waals surface area contributed by atoms with E-state index in [4.69, 9.17) is 23.5 Å². The number of anilines is 2. The smallest absolute Gasteiger partial charge is 0.416 e. The molecule has 11 heteroatoms. The van der Waals surface area contributed by atoms with Gasteiger partial charge in [-0.25, -0.2) is 9.18 Å². The summed E-state index contributed by atoms with van der Waals surface area (Å²) in [5.74, 6) is -0.459. The van der Waals surface area contributed by atoms with Crippen molar-refractivity contribution < 1.29 is 37.0 Å². The molecule has 1 unspecified atom stereocenters. The fourth-order valence-corrected chi connectivity index (χ4v) is 4.85. The Morgan fingerprint density at radius 3 is 2.61 bits per heavy atom. The highest BCUT2D eigenvalue weighted by molar-refractivity contribution is 6.01. The number of benzene rings is 1. The lowest BCUT2D eigenvalue weighted by atomic mass is 10.0. The van der Waals surface area contributed by atoms with Crippen molar-refractivity contribution in [3.05, 3.63) is 17.4 Å². The van der Waals surface area contributed by atoms with E-state index >= 15 is 4.39 Å². The SMILES string of the molecule is C[C@@H]1CN(c2c(C3OCCO3)cc3c(N4C(=O)OCC4CCCF)noc3c2F)C[C@@H](C)O1. The summed E-state index contributed by atoms with van der Waals surface area (Å²) in [5, 5.41) is 4.33. The normalized spacial score (nSPS) is 26.5. The van der Waals surface area contributed by atoms with Gasteiger partial charge in [-0.3, -0.25) is 9.29 Å². The summed E-state index contributed by atoms with van der Waals surface area (Å²) in [5.41, 5.74) is 0.741. The summed E-state index contributed by atoms with van der Waals surface area (Å²) < 4.78 is 56.6. The Bertz CT molecular complexity index is 1020. The molecule has 3 aliphatic rings. The summed E-state index contributed by atoms with van der Waals surface area (Å²) in [6, 6.07) is 1.30. The van der Waals surface area contributed by atoms with Crippen molar-refractivity contribution in [2.24, 2.45) is 0 Å². The monoisotopic (exact) mass is 467 g/mol. The van der Waals surface area contributed by atoms with Crippen LogP contribution in [-0.2, 0) is 18.9 Å². The van der Waals surface area contributed by atoms with E-state index in [-0.39, 0.29) is 36.6 Å². The largest absolute Gasteiger partial charge is 0.447 e. The minimum Gasteiger partial charge on any atom is -0.447 e. The number of fused-ring (bicyclic) bond motifs is 1. The molecule has 0 N–H and O–H groups in total. The molecule has 0 spiro atoms. The van der Waals surface area contributed by atoms with Crippen LogP contribution in [0.2, 0.25) is 0 Å². The Labute approximate surface area is 189 Å². The number of carbonyl (C=O) groups excluding carboxylic acids is 1. The Morgan fingerprint density at radius 1 is 1.18 bits per heavy atom. The summed E-state index contributed by atoms with van der Waals surface area (Å²) >= 11 is 0. The van der Waals surface area contributed by atoms with Crippen molar-refractivity contribution in [2.45, 2.75) is 51.2 Å². The van der Waals surface area contributed by atoms with E-state index in [2.05, 4.69) is 5.16 Å². The summed E-state index contributed by atoms with van der Waals surface area (Å²) in [4.78, 5) is 15.7. The van der Waals surface area contributed by atoms with Crippen LogP contribution in [0.4, 0.5) is 25.1 Å².